The van der Waals surface area contributed by atoms with Crippen LogP contribution in [0.25, 0.3) is 0 Å². The Morgan fingerprint density at radius 1 is 1.67 bits per heavy atom. The number of hydrogen-bond donors (Lipinski definition) is 2. The summed E-state index contributed by atoms with van der Waals surface area (Å²) >= 11 is 0. The molecule has 0 aromatic rings. The van der Waals surface area contributed by atoms with Crippen LogP contribution in [0.1, 0.15) is 7.43 Å². The van der Waals surface area contributed by atoms with Gasteiger partial charge in [-0.25, -0.2) is 4.79 Å². The van der Waals surface area contributed by atoms with Crippen molar-refractivity contribution in [3.05, 3.63) is 0 Å². The third kappa shape index (κ3) is 27.1. The van der Waals surface area contributed by atoms with Gasteiger partial charge in [-0.15, -0.1) is 0 Å². The first-order valence-corrected chi connectivity index (χ1v) is 0.716. The van der Waals surface area contributed by atoms with Crippen LogP contribution >= 0.6 is 0 Å². The molecule has 0 fully saturated rings. The second kappa shape index (κ2) is 8.87. The Morgan fingerprint density at radius 3 is 1.67 bits per heavy atom. The molecule has 0 aromatic heterocycles. The molecule has 40 valence electrons. The molecule has 0 rings (SSSR count). The maximum absolute atomic E-state index is 8.78. The second-order valence-corrected chi connectivity index (χ2v) is 0.338. The molecule has 0 aliphatic rings. The van der Waals surface area contributed by atoms with Gasteiger partial charge >= 0.3 is 6.09 Å². The highest BCUT2D eigenvalue weighted by molar-refractivity contribution is 5.61. The van der Waals surface area contributed by atoms with E-state index >= 15 is 0 Å². The number of carboxylic acid groups (broad SMARTS) is 1. The number of primary amides is 1. The number of rotatable bonds is 0. The van der Waals surface area contributed by atoms with Crippen molar-refractivity contribution in [2.24, 2.45) is 5.73 Å². The van der Waals surface area contributed by atoms with Crippen LogP contribution in [0, 0.1) is 0 Å². The van der Waals surface area contributed by atoms with E-state index in [4.69, 9.17) is 9.90 Å². The van der Waals surface area contributed by atoms with E-state index in [0.29, 0.717) is 0 Å². The third-order valence-corrected chi connectivity index (χ3v) is 0. The largest absolute Gasteiger partial charge is 0.465 e. The molecule has 6 heavy (non-hydrogen) atoms. The van der Waals surface area contributed by atoms with E-state index in [0.717, 1.165) is 0 Å². The molecule has 0 unspecified atom stereocenters. The van der Waals surface area contributed by atoms with Gasteiger partial charge in [0.25, 0.3) is 0 Å². The molecule has 0 aliphatic carbocycles. The van der Waals surface area contributed by atoms with E-state index < -0.39 is 6.09 Å². The minimum atomic E-state index is -1.33. The summed E-state index contributed by atoms with van der Waals surface area (Å²) in [4.78, 5) is 8.78. The van der Waals surface area contributed by atoms with Crippen LogP contribution in [0.4, 0.5) is 4.79 Å². The molecule has 0 spiro atoms. The van der Waals surface area contributed by atoms with Crippen LogP contribution in [0.2, 0.25) is 0 Å². The predicted octanol–water partition coefficient (Wildman–Crippen LogP) is -0.566. The minimum absolute atomic E-state index is 0. The van der Waals surface area contributed by atoms with Crippen LogP contribution in [0.5, 0.6) is 0 Å². The highest BCUT2D eigenvalue weighted by Crippen LogP contribution is 1.34. The predicted molar refractivity (Wildman–Crippen MR) is 22.6 cm³/mol. The molecule has 4 nitrogen and oxygen atoms in total. The summed E-state index contributed by atoms with van der Waals surface area (Å²) in [7, 11) is 0. The number of hydrogen-bond acceptors (Lipinski definition) is 1. The number of nitrogens with two attached hydrogens (primary N) is 1. The van der Waals surface area contributed by atoms with Gasteiger partial charge in [-0.05, 0) is 0 Å². The van der Waals surface area contributed by atoms with Crippen LogP contribution in [0.15, 0.2) is 0 Å². The molecular weight excluding hydrogens is 86.0 g/mol. The first-order chi connectivity index (χ1) is 1.73. The Bertz CT molecular complexity index is 31.8. The summed E-state index contributed by atoms with van der Waals surface area (Å²) < 4.78 is 0. The Kier molecular flexibility index (Phi) is 27.8. The van der Waals surface area contributed by atoms with Crippen molar-refractivity contribution in [2.75, 3.05) is 0 Å². The topological polar surface area (TPSA) is 94.8 Å². The van der Waals surface area contributed by atoms with Crippen LogP contribution in [-0.2, 0) is 0 Å². The van der Waals surface area contributed by atoms with Crippen molar-refractivity contribution in [2.45, 2.75) is 7.43 Å². The zero-order valence-electron chi connectivity index (χ0n) is 2.43. The van der Waals surface area contributed by atoms with E-state index in [1.807, 2.05) is 0 Å². The van der Waals surface area contributed by atoms with Crippen LogP contribution < -0.4 is 5.73 Å². The van der Waals surface area contributed by atoms with Crippen LogP contribution in [-0.4, -0.2) is 16.7 Å². The van der Waals surface area contributed by atoms with Gasteiger partial charge in [-0.1, -0.05) is 7.43 Å². The summed E-state index contributed by atoms with van der Waals surface area (Å²) in [6.07, 6.45) is -1.33. The third-order valence-electron chi connectivity index (χ3n) is 0. The SMILES string of the molecule is C.NC(=O)O.O. The molecule has 0 saturated carbocycles. The molecule has 0 saturated heterocycles. The highest BCUT2D eigenvalue weighted by Gasteiger charge is 1.65. The quantitative estimate of drug-likeness (QED) is 0.421. The van der Waals surface area contributed by atoms with Crippen molar-refractivity contribution < 1.29 is 15.4 Å². The molecule has 0 aromatic carbocycles. The lowest BCUT2D eigenvalue weighted by molar-refractivity contribution is 0.205. The van der Waals surface area contributed by atoms with Crippen molar-refractivity contribution in [3.8, 4) is 0 Å². The first kappa shape index (κ1) is 18.8. The number of amides is 1. The smallest absolute Gasteiger partial charge is 0.402 e. The molecule has 0 bridgehead atoms. The Labute approximate surface area is 35.9 Å². The summed E-state index contributed by atoms with van der Waals surface area (Å²) in [6, 6.07) is 0. The first-order valence-electron chi connectivity index (χ1n) is 0.716. The maximum atomic E-state index is 8.78. The van der Waals surface area contributed by atoms with Gasteiger partial charge in [0, 0.05) is 0 Å². The second-order valence-electron chi connectivity index (χ2n) is 0.338. The molecule has 0 atom stereocenters. The lowest BCUT2D eigenvalue weighted by Gasteiger charge is -1.61. The Hall–Kier alpha value is -0.770. The van der Waals surface area contributed by atoms with Crippen LogP contribution in [0.3, 0.4) is 0 Å². The van der Waals surface area contributed by atoms with Crippen molar-refractivity contribution in [1.82, 2.24) is 0 Å². The Morgan fingerprint density at radius 2 is 1.67 bits per heavy atom. The molecule has 0 aliphatic heterocycles. The zero-order chi connectivity index (χ0) is 3.58. The van der Waals surface area contributed by atoms with Gasteiger partial charge in [0.15, 0.2) is 0 Å². The summed E-state index contributed by atoms with van der Waals surface area (Å²) in [5.41, 5.74) is 4.03. The highest BCUT2D eigenvalue weighted by atomic mass is 16.4. The van der Waals surface area contributed by atoms with Gasteiger partial charge in [0.05, 0.1) is 0 Å². The molecule has 0 heterocycles. The summed E-state index contributed by atoms with van der Waals surface area (Å²) in [5.74, 6) is 0. The fraction of sp³-hybridized carbons (Fsp3) is 0.500. The Balaban J connectivity index is -0.0000000450. The van der Waals surface area contributed by atoms with E-state index in [9.17, 15) is 0 Å². The van der Waals surface area contributed by atoms with Gasteiger partial charge in [-0.2, -0.15) is 0 Å². The monoisotopic (exact) mass is 95.1 g/mol. The van der Waals surface area contributed by atoms with E-state index in [1.165, 1.54) is 0 Å². The van der Waals surface area contributed by atoms with Crippen molar-refractivity contribution in [3.63, 3.8) is 0 Å². The standard InChI is InChI=1S/CH3NO2.CH4.H2O/c2-1(3)4;;/h2H2,(H,3,4);1H4;1H2. The van der Waals surface area contributed by atoms with E-state index in [-0.39, 0.29) is 12.9 Å². The molecule has 5 N–H and O–H groups in total. The minimum Gasteiger partial charge on any atom is -0.465 e. The zero-order valence-corrected chi connectivity index (χ0v) is 2.43. The normalized spacial score (nSPS) is 4.00. The van der Waals surface area contributed by atoms with Gasteiger partial charge < -0.3 is 16.3 Å². The van der Waals surface area contributed by atoms with E-state index in [2.05, 4.69) is 5.73 Å². The summed E-state index contributed by atoms with van der Waals surface area (Å²) in [5, 5.41) is 7.19. The average Bonchev–Trinajstić information content (AvgIpc) is 0.811. The maximum Gasteiger partial charge on any atom is 0.402 e. The molecule has 1 amide bonds. The fourth-order valence-electron chi connectivity index (χ4n) is 0. The average molecular weight is 95.1 g/mol. The molecule has 4 heteroatoms. The van der Waals surface area contributed by atoms with Crippen molar-refractivity contribution >= 4 is 6.09 Å². The van der Waals surface area contributed by atoms with Gasteiger partial charge in [0.1, 0.15) is 0 Å². The molecule has 0 radical (unpaired) electrons. The summed E-state index contributed by atoms with van der Waals surface area (Å²) in [6.45, 7) is 0. The van der Waals surface area contributed by atoms with Crippen molar-refractivity contribution in [1.29, 1.82) is 0 Å². The van der Waals surface area contributed by atoms with Gasteiger partial charge in [-0.3, -0.25) is 0 Å². The number of carbonyl (C=O) groups is 1. The lowest BCUT2D eigenvalue weighted by Crippen LogP contribution is -2.03. The molecular formula is C2H9NO3. The fourth-order valence-corrected chi connectivity index (χ4v) is 0. The van der Waals surface area contributed by atoms with Gasteiger partial charge in [0.2, 0.25) is 0 Å². The lowest BCUT2D eigenvalue weighted by atomic mass is 11.3. The van der Waals surface area contributed by atoms with E-state index in [1.54, 1.807) is 0 Å².